The summed E-state index contributed by atoms with van der Waals surface area (Å²) in [6.07, 6.45) is 4.61. The fraction of sp³-hybridized carbons (Fsp3) is 0.538. The van der Waals surface area contributed by atoms with E-state index in [9.17, 15) is 4.79 Å². The van der Waals surface area contributed by atoms with Crippen molar-refractivity contribution in [2.45, 2.75) is 32.6 Å². The molecule has 19 heavy (non-hydrogen) atoms. The van der Waals surface area contributed by atoms with Crippen LogP contribution in [-0.2, 0) is 9.53 Å². The molecule has 1 rings (SSSR count). The summed E-state index contributed by atoms with van der Waals surface area (Å²) in [6, 6.07) is 2.05. The molecule has 0 aliphatic carbocycles. The highest BCUT2D eigenvalue weighted by Gasteiger charge is 2.04. The highest BCUT2D eigenvalue weighted by Crippen LogP contribution is 2.10. The maximum absolute atomic E-state index is 10.9. The van der Waals surface area contributed by atoms with Crippen LogP contribution in [0.1, 0.15) is 37.1 Å². The molecule has 0 saturated heterocycles. The monoisotopic (exact) mass is 262 g/mol. The van der Waals surface area contributed by atoms with Crippen molar-refractivity contribution in [3.63, 3.8) is 0 Å². The number of nitriles is 1. The fourth-order valence-corrected chi connectivity index (χ4v) is 1.57. The van der Waals surface area contributed by atoms with E-state index < -0.39 is 0 Å². The van der Waals surface area contributed by atoms with Crippen LogP contribution >= 0.6 is 0 Å². The summed E-state index contributed by atoms with van der Waals surface area (Å²) in [5.41, 5.74) is 0.445. The van der Waals surface area contributed by atoms with Crippen LogP contribution in [0.4, 0.5) is 5.82 Å². The van der Waals surface area contributed by atoms with Crippen LogP contribution in [0.15, 0.2) is 6.20 Å². The van der Waals surface area contributed by atoms with E-state index in [2.05, 4.69) is 20.0 Å². The van der Waals surface area contributed by atoms with Crippen LogP contribution in [0.2, 0.25) is 0 Å². The molecule has 0 atom stereocenters. The Kier molecular flexibility index (Phi) is 6.30. The molecule has 1 heterocycles. The maximum Gasteiger partial charge on any atom is 0.305 e. The lowest BCUT2D eigenvalue weighted by atomic mass is 10.2. The number of carbonyl (C=O) groups excluding carboxylic acids is 1. The van der Waals surface area contributed by atoms with Crippen LogP contribution in [-0.4, -0.2) is 29.6 Å². The fourth-order valence-electron chi connectivity index (χ4n) is 1.57. The average Bonchev–Trinajstić information content (AvgIpc) is 2.42. The second kappa shape index (κ2) is 8.03. The Bertz CT molecular complexity index is 468. The van der Waals surface area contributed by atoms with Gasteiger partial charge in [0.25, 0.3) is 0 Å². The first-order chi connectivity index (χ1) is 9.17. The number of aromatic nitrogens is 2. The van der Waals surface area contributed by atoms with Crippen LogP contribution in [0.5, 0.6) is 0 Å². The van der Waals surface area contributed by atoms with Gasteiger partial charge in [-0.2, -0.15) is 5.26 Å². The molecule has 6 nitrogen and oxygen atoms in total. The summed E-state index contributed by atoms with van der Waals surface area (Å²) in [5, 5.41) is 12.0. The third kappa shape index (κ3) is 5.34. The van der Waals surface area contributed by atoms with Gasteiger partial charge in [0.1, 0.15) is 23.3 Å². The number of nitrogens with zero attached hydrogens (tertiary/aromatic N) is 3. The zero-order chi connectivity index (χ0) is 14.1. The third-order valence-corrected chi connectivity index (χ3v) is 2.61. The molecule has 0 amide bonds. The molecule has 0 aliphatic heterocycles. The lowest BCUT2D eigenvalue weighted by Gasteiger charge is -2.07. The number of anilines is 1. The molecule has 0 spiro atoms. The summed E-state index contributed by atoms with van der Waals surface area (Å²) in [7, 11) is 1.39. The standard InChI is InChI=1S/C13H18N4O2/c1-10-16-9-11(8-14)13(17-10)15-7-5-3-4-6-12(18)19-2/h9H,3-7H2,1-2H3,(H,15,16,17). The van der Waals surface area contributed by atoms with Crippen molar-refractivity contribution in [2.75, 3.05) is 19.0 Å². The lowest BCUT2D eigenvalue weighted by Crippen LogP contribution is -2.07. The van der Waals surface area contributed by atoms with E-state index in [1.54, 1.807) is 6.92 Å². The third-order valence-electron chi connectivity index (χ3n) is 2.61. The molecule has 0 aromatic carbocycles. The van der Waals surface area contributed by atoms with Gasteiger partial charge in [0.2, 0.25) is 0 Å². The van der Waals surface area contributed by atoms with Gasteiger partial charge < -0.3 is 10.1 Å². The molecule has 1 N–H and O–H groups in total. The van der Waals surface area contributed by atoms with Gasteiger partial charge >= 0.3 is 5.97 Å². The summed E-state index contributed by atoms with van der Waals surface area (Å²) < 4.78 is 4.56. The number of rotatable bonds is 7. The molecule has 102 valence electrons. The molecule has 0 fully saturated rings. The van der Waals surface area contributed by atoms with E-state index in [1.165, 1.54) is 13.3 Å². The Morgan fingerprint density at radius 1 is 1.47 bits per heavy atom. The molecule has 0 bridgehead atoms. The van der Waals surface area contributed by atoms with Gasteiger partial charge in [-0.05, 0) is 19.8 Å². The minimum atomic E-state index is -0.175. The lowest BCUT2D eigenvalue weighted by molar-refractivity contribution is -0.140. The van der Waals surface area contributed by atoms with Gasteiger partial charge in [-0.15, -0.1) is 0 Å². The van der Waals surface area contributed by atoms with Crippen LogP contribution in [0, 0.1) is 18.3 Å². The Labute approximate surface area is 112 Å². The Balaban J connectivity index is 2.28. The van der Waals surface area contributed by atoms with Crippen molar-refractivity contribution < 1.29 is 9.53 Å². The molecule has 0 saturated carbocycles. The topological polar surface area (TPSA) is 87.9 Å². The van der Waals surface area contributed by atoms with Crippen molar-refractivity contribution in [3.05, 3.63) is 17.6 Å². The molecule has 6 heteroatoms. The number of hydrogen-bond acceptors (Lipinski definition) is 6. The van der Waals surface area contributed by atoms with Crippen molar-refractivity contribution in [1.82, 2.24) is 9.97 Å². The first kappa shape index (κ1) is 14.9. The van der Waals surface area contributed by atoms with E-state index in [1.807, 2.05) is 6.07 Å². The minimum absolute atomic E-state index is 0.175. The van der Waals surface area contributed by atoms with Crippen molar-refractivity contribution >= 4 is 11.8 Å². The number of ether oxygens (including phenoxy) is 1. The zero-order valence-corrected chi connectivity index (χ0v) is 11.3. The maximum atomic E-state index is 10.9. The second-order valence-corrected chi connectivity index (χ2v) is 4.10. The Morgan fingerprint density at radius 3 is 2.95 bits per heavy atom. The van der Waals surface area contributed by atoms with Crippen LogP contribution < -0.4 is 5.32 Å². The van der Waals surface area contributed by atoms with Crippen molar-refractivity contribution in [2.24, 2.45) is 0 Å². The Morgan fingerprint density at radius 2 is 2.26 bits per heavy atom. The van der Waals surface area contributed by atoms with Crippen LogP contribution in [0.3, 0.4) is 0 Å². The van der Waals surface area contributed by atoms with Gasteiger partial charge in [-0.1, -0.05) is 6.42 Å². The summed E-state index contributed by atoms with van der Waals surface area (Å²) in [6.45, 7) is 2.50. The number of esters is 1. The molecule has 1 aromatic rings. The van der Waals surface area contributed by atoms with Gasteiger partial charge in [-0.3, -0.25) is 4.79 Å². The molecular weight excluding hydrogens is 244 g/mol. The highest BCUT2D eigenvalue weighted by molar-refractivity contribution is 5.68. The first-order valence-corrected chi connectivity index (χ1v) is 6.21. The van der Waals surface area contributed by atoms with E-state index in [-0.39, 0.29) is 5.97 Å². The van der Waals surface area contributed by atoms with Gasteiger partial charge in [0.15, 0.2) is 0 Å². The summed E-state index contributed by atoms with van der Waals surface area (Å²) in [5.74, 6) is 1.03. The number of nitrogens with one attached hydrogen (secondary N) is 1. The number of carbonyl (C=O) groups is 1. The average molecular weight is 262 g/mol. The van der Waals surface area contributed by atoms with Crippen molar-refractivity contribution in [3.8, 4) is 6.07 Å². The van der Waals surface area contributed by atoms with Gasteiger partial charge in [0.05, 0.1) is 13.3 Å². The number of unbranched alkanes of at least 4 members (excludes halogenated alkanes) is 2. The predicted molar refractivity (Wildman–Crippen MR) is 70.5 cm³/mol. The quantitative estimate of drug-likeness (QED) is 0.595. The summed E-state index contributed by atoms with van der Waals surface area (Å²) in [4.78, 5) is 19.1. The number of hydrogen-bond donors (Lipinski definition) is 1. The van der Waals surface area contributed by atoms with Gasteiger partial charge in [-0.25, -0.2) is 9.97 Å². The smallest absolute Gasteiger partial charge is 0.305 e. The van der Waals surface area contributed by atoms with E-state index in [0.29, 0.717) is 30.2 Å². The normalized spacial score (nSPS) is 9.74. The van der Waals surface area contributed by atoms with E-state index in [4.69, 9.17) is 5.26 Å². The zero-order valence-electron chi connectivity index (χ0n) is 11.3. The van der Waals surface area contributed by atoms with E-state index >= 15 is 0 Å². The van der Waals surface area contributed by atoms with Gasteiger partial charge in [0, 0.05) is 13.0 Å². The minimum Gasteiger partial charge on any atom is -0.469 e. The molecule has 0 radical (unpaired) electrons. The number of methoxy groups -OCH3 is 1. The van der Waals surface area contributed by atoms with Crippen LogP contribution in [0.25, 0.3) is 0 Å². The molecule has 1 aromatic heterocycles. The number of aryl methyl sites for hydroxylation is 1. The molecule has 0 unspecified atom stereocenters. The summed E-state index contributed by atoms with van der Waals surface area (Å²) >= 11 is 0. The molecular formula is C13H18N4O2. The highest BCUT2D eigenvalue weighted by atomic mass is 16.5. The SMILES string of the molecule is COC(=O)CCCCCNc1nc(C)ncc1C#N. The Hall–Kier alpha value is -2.16. The van der Waals surface area contributed by atoms with E-state index in [0.717, 1.165) is 19.3 Å². The second-order valence-electron chi connectivity index (χ2n) is 4.10. The first-order valence-electron chi connectivity index (χ1n) is 6.21. The molecule has 0 aliphatic rings. The largest absolute Gasteiger partial charge is 0.469 e. The van der Waals surface area contributed by atoms with Crippen molar-refractivity contribution in [1.29, 1.82) is 5.26 Å². The predicted octanol–water partition coefficient (Wildman–Crippen LogP) is 1.80.